The Kier molecular flexibility index (Phi) is 4.04. The molecule has 80 valence electrons. The van der Waals surface area contributed by atoms with E-state index in [9.17, 15) is 0 Å². The first-order valence-electron chi connectivity index (χ1n) is 4.99. The lowest BCUT2D eigenvalue weighted by molar-refractivity contribution is 1.19. The molecular formula is C13H17NS. The van der Waals surface area contributed by atoms with Crippen LogP contribution in [-0.2, 0) is 0 Å². The fourth-order valence-electron chi connectivity index (χ4n) is 1.39. The van der Waals surface area contributed by atoms with E-state index < -0.39 is 0 Å². The van der Waals surface area contributed by atoms with Gasteiger partial charge in [-0.05, 0) is 38.8 Å². The summed E-state index contributed by atoms with van der Waals surface area (Å²) in [6, 6.07) is 0. The molecule has 0 bridgehead atoms. The summed E-state index contributed by atoms with van der Waals surface area (Å²) in [5.41, 5.74) is 3.37. The van der Waals surface area contributed by atoms with Crippen molar-refractivity contribution in [1.82, 2.24) is 4.98 Å². The van der Waals surface area contributed by atoms with Gasteiger partial charge in [0.05, 0.1) is 15.6 Å². The molecule has 0 aliphatic carbocycles. The van der Waals surface area contributed by atoms with Crippen LogP contribution >= 0.6 is 11.3 Å². The van der Waals surface area contributed by atoms with Gasteiger partial charge < -0.3 is 0 Å². The maximum atomic E-state index is 4.43. The second-order valence-corrected chi connectivity index (χ2v) is 4.74. The second kappa shape index (κ2) is 5.08. The molecule has 0 radical (unpaired) electrons. The van der Waals surface area contributed by atoms with Crippen molar-refractivity contribution in [3.8, 4) is 0 Å². The topological polar surface area (TPSA) is 12.9 Å². The van der Waals surface area contributed by atoms with E-state index in [-0.39, 0.29) is 0 Å². The molecule has 1 aromatic rings. The van der Waals surface area contributed by atoms with E-state index in [1.807, 2.05) is 39.8 Å². The van der Waals surface area contributed by atoms with Crippen LogP contribution in [0.4, 0.5) is 0 Å². The van der Waals surface area contributed by atoms with Gasteiger partial charge in [-0.25, -0.2) is 4.98 Å². The van der Waals surface area contributed by atoms with E-state index in [4.69, 9.17) is 0 Å². The van der Waals surface area contributed by atoms with Gasteiger partial charge in [-0.1, -0.05) is 24.8 Å². The number of nitrogens with zero attached hydrogens (tertiary/aromatic N) is 1. The van der Waals surface area contributed by atoms with Crippen LogP contribution in [0.3, 0.4) is 0 Å². The van der Waals surface area contributed by atoms with Crippen molar-refractivity contribution < 1.29 is 0 Å². The molecule has 0 saturated heterocycles. The molecule has 2 heteroatoms. The van der Waals surface area contributed by atoms with Crippen LogP contribution in [0.25, 0.3) is 5.57 Å². The first kappa shape index (κ1) is 11.9. The van der Waals surface area contributed by atoms with Crippen LogP contribution in [0, 0.1) is 13.8 Å². The highest BCUT2D eigenvalue weighted by atomic mass is 32.1. The zero-order valence-corrected chi connectivity index (χ0v) is 10.6. The van der Waals surface area contributed by atoms with E-state index in [2.05, 4.69) is 17.6 Å². The number of thiazole rings is 1. The SMILES string of the molecule is C=C(C)/C(=C\C=C/C)c1sc(C)nc1C. The fraction of sp³-hybridized carbons (Fsp3) is 0.308. The lowest BCUT2D eigenvalue weighted by Crippen LogP contribution is -1.84. The first-order valence-corrected chi connectivity index (χ1v) is 5.81. The zero-order valence-electron chi connectivity index (χ0n) is 9.79. The van der Waals surface area contributed by atoms with E-state index >= 15 is 0 Å². The maximum Gasteiger partial charge on any atom is 0.0903 e. The van der Waals surface area contributed by atoms with Gasteiger partial charge in [0.15, 0.2) is 0 Å². The largest absolute Gasteiger partial charge is 0.246 e. The van der Waals surface area contributed by atoms with Gasteiger partial charge >= 0.3 is 0 Å². The Balaban J connectivity index is 3.21. The predicted octanol–water partition coefficient (Wildman–Crippen LogP) is 4.30. The van der Waals surface area contributed by atoms with Crippen LogP contribution in [0.2, 0.25) is 0 Å². The molecule has 1 aromatic heterocycles. The fourth-order valence-corrected chi connectivity index (χ4v) is 2.41. The number of hydrogen-bond acceptors (Lipinski definition) is 2. The molecule has 0 aliphatic heterocycles. The number of rotatable bonds is 3. The summed E-state index contributed by atoms with van der Waals surface area (Å²) < 4.78 is 0. The van der Waals surface area contributed by atoms with Gasteiger partial charge in [-0.3, -0.25) is 0 Å². The third-order valence-electron chi connectivity index (χ3n) is 2.06. The van der Waals surface area contributed by atoms with Gasteiger partial charge in [-0.15, -0.1) is 11.3 Å². The molecule has 0 saturated carbocycles. The Labute approximate surface area is 95.9 Å². The third kappa shape index (κ3) is 2.90. The minimum Gasteiger partial charge on any atom is -0.246 e. The molecule has 0 atom stereocenters. The first-order chi connectivity index (χ1) is 7.06. The number of aryl methyl sites for hydroxylation is 2. The summed E-state index contributed by atoms with van der Waals surface area (Å²) in [7, 11) is 0. The van der Waals surface area contributed by atoms with Crippen LogP contribution in [0.15, 0.2) is 30.4 Å². The van der Waals surface area contributed by atoms with E-state index in [0.29, 0.717) is 0 Å². The summed E-state index contributed by atoms with van der Waals surface area (Å²) in [4.78, 5) is 5.67. The summed E-state index contributed by atoms with van der Waals surface area (Å²) in [6.07, 6.45) is 6.16. The number of allylic oxidation sites excluding steroid dienone is 5. The monoisotopic (exact) mass is 219 g/mol. The molecule has 1 nitrogen and oxygen atoms in total. The standard InChI is InChI=1S/C13H17NS/c1-6-7-8-12(9(2)3)13-10(4)14-11(5)15-13/h6-8H,2H2,1,3-5H3/b7-6-,12-8+. The van der Waals surface area contributed by atoms with E-state index in [0.717, 1.165) is 16.3 Å². The zero-order chi connectivity index (χ0) is 11.4. The maximum absolute atomic E-state index is 4.43. The predicted molar refractivity (Wildman–Crippen MR) is 69.2 cm³/mol. The second-order valence-electron chi connectivity index (χ2n) is 3.53. The third-order valence-corrected chi connectivity index (χ3v) is 3.17. The Bertz CT molecular complexity index is 422. The average molecular weight is 219 g/mol. The molecule has 0 amide bonds. The Morgan fingerprint density at radius 2 is 2.07 bits per heavy atom. The molecule has 0 aliphatic rings. The van der Waals surface area contributed by atoms with Gasteiger partial charge in [0, 0.05) is 0 Å². The Hall–Kier alpha value is -1.15. The Morgan fingerprint density at radius 1 is 1.40 bits per heavy atom. The molecule has 0 aromatic carbocycles. The van der Waals surface area contributed by atoms with Crippen LogP contribution in [0.1, 0.15) is 29.4 Å². The molecule has 0 N–H and O–H groups in total. The lowest BCUT2D eigenvalue weighted by Gasteiger charge is -2.03. The molecule has 0 spiro atoms. The van der Waals surface area contributed by atoms with Gasteiger partial charge in [0.2, 0.25) is 0 Å². The highest BCUT2D eigenvalue weighted by Gasteiger charge is 2.09. The lowest BCUT2D eigenvalue weighted by atomic mass is 10.1. The van der Waals surface area contributed by atoms with Crippen molar-refractivity contribution in [2.75, 3.05) is 0 Å². The van der Waals surface area contributed by atoms with Gasteiger partial charge in [-0.2, -0.15) is 0 Å². The van der Waals surface area contributed by atoms with Crippen LogP contribution in [0.5, 0.6) is 0 Å². The number of hydrogen-bond donors (Lipinski definition) is 0. The van der Waals surface area contributed by atoms with Crippen LogP contribution < -0.4 is 0 Å². The smallest absolute Gasteiger partial charge is 0.0903 e. The normalized spacial score (nSPS) is 12.4. The van der Waals surface area contributed by atoms with Crippen molar-refractivity contribution in [3.63, 3.8) is 0 Å². The Morgan fingerprint density at radius 3 is 2.47 bits per heavy atom. The van der Waals surface area contributed by atoms with E-state index in [1.165, 1.54) is 10.5 Å². The molecule has 0 unspecified atom stereocenters. The van der Waals surface area contributed by atoms with Crippen molar-refractivity contribution in [1.29, 1.82) is 0 Å². The van der Waals surface area contributed by atoms with Crippen molar-refractivity contribution >= 4 is 16.9 Å². The molecule has 0 fully saturated rings. The highest BCUT2D eigenvalue weighted by molar-refractivity contribution is 7.12. The van der Waals surface area contributed by atoms with Crippen molar-refractivity contribution in [2.45, 2.75) is 27.7 Å². The summed E-state index contributed by atoms with van der Waals surface area (Å²) in [5.74, 6) is 0. The molecule has 1 rings (SSSR count). The highest BCUT2D eigenvalue weighted by Crippen LogP contribution is 2.30. The van der Waals surface area contributed by atoms with Gasteiger partial charge in [0.25, 0.3) is 0 Å². The van der Waals surface area contributed by atoms with Crippen molar-refractivity contribution in [2.24, 2.45) is 0 Å². The van der Waals surface area contributed by atoms with Gasteiger partial charge in [0.1, 0.15) is 0 Å². The summed E-state index contributed by atoms with van der Waals surface area (Å²) in [6.45, 7) is 12.1. The van der Waals surface area contributed by atoms with Crippen LogP contribution in [-0.4, -0.2) is 4.98 Å². The minimum atomic E-state index is 1.08. The number of aromatic nitrogens is 1. The summed E-state index contributed by atoms with van der Waals surface area (Å²) in [5, 5.41) is 1.11. The van der Waals surface area contributed by atoms with E-state index in [1.54, 1.807) is 11.3 Å². The quantitative estimate of drug-likeness (QED) is 0.691. The minimum absolute atomic E-state index is 1.08. The molecule has 1 heterocycles. The average Bonchev–Trinajstić information content (AvgIpc) is 2.46. The van der Waals surface area contributed by atoms with Crippen molar-refractivity contribution in [3.05, 3.63) is 46.0 Å². The molecule has 15 heavy (non-hydrogen) atoms. The molecular weight excluding hydrogens is 202 g/mol. The summed E-state index contributed by atoms with van der Waals surface area (Å²) >= 11 is 1.73.